The first-order chi connectivity index (χ1) is 15.1. The normalized spacial score (nSPS) is 18.8. The number of allylic oxidation sites excluding steroid dienone is 2. The summed E-state index contributed by atoms with van der Waals surface area (Å²) >= 11 is 0. The highest BCUT2D eigenvalue weighted by Crippen LogP contribution is 2.37. The Hall–Kier alpha value is -2.92. The molecule has 0 aliphatic heterocycles. The van der Waals surface area contributed by atoms with Crippen molar-refractivity contribution in [2.45, 2.75) is 51.4 Å². The molecule has 0 atom stereocenters. The quantitative estimate of drug-likeness (QED) is 0.298. The fourth-order valence-electron chi connectivity index (χ4n) is 4.64. The maximum absolute atomic E-state index is 13.7. The average Bonchev–Trinajstić information content (AvgIpc) is 2.80. The number of hydrogen-bond donors (Lipinski definition) is 0. The third-order valence-corrected chi connectivity index (χ3v) is 6.47. The van der Waals surface area contributed by atoms with Gasteiger partial charge in [0, 0.05) is 16.5 Å². The molecule has 0 bridgehead atoms. The van der Waals surface area contributed by atoms with Gasteiger partial charge in [0.2, 0.25) is 0 Å². The molecule has 1 fully saturated rings. The van der Waals surface area contributed by atoms with E-state index in [9.17, 15) is 8.78 Å². The van der Waals surface area contributed by atoms with E-state index >= 15 is 0 Å². The Morgan fingerprint density at radius 1 is 0.903 bits per heavy atom. The van der Waals surface area contributed by atoms with E-state index in [-0.39, 0.29) is 0 Å². The molecular weight excluding hydrogens is 386 g/mol. The minimum absolute atomic E-state index is 0.636. The van der Waals surface area contributed by atoms with Gasteiger partial charge in [0.1, 0.15) is 0 Å². The topological polar surface area (TPSA) is 0 Å². The van der Waals surface area contributed by atoms with Crippen LogP contribution in [-0.2, 0) is 0 Å². The lowest BCUT2D eigenvalue weighted by atomic mass is 9.77. The Morgan fingerprint density at radius 2 is 1.65 bits per heavy atom. The molecule has 4 rings (SSSR count). The third-order valence-electron chi connectivity index (χ3n) is 6.47. The van der Waals surface area contributed by atoms with Crippen LogP contribution in [0.3, 0.4) is 0 Å². The third kappa shape index (κ3) is 5.23. The molecule has 1 aliphatic rings. The minimum atomic E-state index is -0.845. The van der Waals surface area contributed by atoms with Crippen molar-refractivity contribution in [3.05, 3.63) is 95.1 Å². The predicted octanol–water partition coefficient (Wildman–Crippen LogP) is 8.15. The molecule has 0 N–H and O–H groups in total. The molecule has 0 unspecified atom stereocenters. The number of halogens is 2. The number of rotatable bonds is 4. The van der Waals surface area contributed by atoms with E-state index in [4.69, 9.17) is 0 Å². The average molecular weight is 415 g/mol. The summed E-state index contributed by atoms with van der Waals surface area (Å²) in [6, 6.07) is 16.4. The second kappa shape index (κ2) is 9.92. The molecule has 1 saturated carbocycles. The Morgan fingerprint density at radius 3 is 2.39 bits per heavy atom. The predicted molar refractivity (Wildman–Crippen MR) is 125 cm³/mol. The largest absolute Gasteiger partial charge is 0.204 e. The molecule has 2 heteroatoms. The highest BCUT2D eigenvalue weighted by atomic mass is 19.2. The highest BCUT2D eigenvalue weighted by Gasteiger charge is 2.21. The van der Waals surface area contributed by atoms with Crippen LogP contribution in [0.2, 0.25) is 0 Å². The maximum Gasteiger partial charge on any atom is 0.159 e. The zero-order chi connectivity index (χ0) is 21.6. The van der Waals surface area contributed by atoms with Gasteiger partial charge in [-0.25, -0.2) is 8.78 Å². The molecule has 158 valence electrons. The van der Waals surface area contributed by atoms with Crippen LogP contribution in [0.5, 0.6) is 0 Å². The maximum atomic E-state index is 13.7. The van der Waals surface area contributed by atoms with Gasteiger partial charge in [-0.1, -0.05) is 48.3 Å². The summed E-state index contributed by atoms with van der Waals surface area (Å²) in [7, 11) is 0. The van der Waals surface area contributed by atoms with Crippen molar-refractivity contribution in [3.8, 4) is 11.8 Å². The fourth-order valence-corrected chi connectivity index (χ4v) is 4.64. The Labute approximate surface area is 184 Å². The van der Waals surface area contributed by atoms with Crippen molar-refractivity contribution in [1.82, 2.24) is 0 Å². The highest BCUT2D eigenvalue weighted by molar-refractivity contribution is 5.88. The lowest BCUT2D eigenvalue weighted by molar-refractivity contribution is 0.312. The van der Waals surface area contributed by atoms with Gasteiger partial charge in [-0.3, -0.25) is 0 Å². The van der Waals surface area contributed by atoms with Crippen LogP contribution in [0.25, 0.3) is 10.8 Å². The molecule has 31 heavy (non-hydrogen) atoms. The second-order valence-electron chi connectivity index (χ2n) is 8.53. The Kier molecular flexibility index (Phi) is 6.82. The lowest BCUT2D eigenvalue weighted by Crippen LogP contribution is -2.13. The minimum Gasteiger partial charge on any atom is -0.204 e. The van der Waals surface area contributed by atoms with Crippen LogP contribution >= 0.6 is 0 Å². The van der Waals surface area contributed by atoms with Gasteiger partial charge in [0.05, 0.1) is 0 Å². The Bertz CT molecular complexity index is 1120. The van der Waals surface area contributed by atoms with Crippen molar-refractivity contribution in [1.29, 1.82) is 0 Å². The standard InChI is InChI=1S/C29H28F2/c1-2-3-4-6-21-9-14-23(15-10-21)24-16-11-22(12-17-24)13-18-25-7-5-8-26-19-28(30)29(31)20-27(25)26/h2-3,5,7-8,11-12,16-17,19-21,23H,4,6,9-10,14-15H2,1H3/b3-2+. The molecule has 0 spiro atoms. The van der Waals surface area contributed by atoms with Crippen LogP contribution in [0.15, 0.2) is 66.7 Å². The summed E-state index contributed by atoms with van der Waals surface area (Å²) in [6.45, 7) is 2.09. The van der Waals surface area contributed by atoms with E-state index in [1.54, 1.807) is 6.07 Å². The molecule has 0 nitrogen and oxygen atoms in total. The molecule has 3 aromatic carbocycles. The zero-order valence-corrected chi connectivity index (χ0v) is 18.0. The van der Waals surface area contributed by atoms with E-state index in [2.05, 4.69) is 55.2 Å². The van der Waals surface area contributed by atoms with Gasteiger partial charge in [-0.05, 0) is 98.6 Å². The van der Waals surface area contributed by atoms with Gasteiger partial charge in [-0.15, -0.1) is 0 Å². The molecule has 0 amide bonds. The molecule has 3 aromatic rings. The lowest BCUT2D eigenvalue weighted by Gasteiger charge is -2.28. The van der Waals surface area contributed by atoms with Crippen molar-refractivity contribution in [2.75, 3.05) is 0 Å². The number of fused-ring (bicyclic) bond motifs is 1. The molecule has 1 aliphatic carbocycles. The summed E-state index contributed by atoms with van der Waals surface area (Å²) in [5, 5.41) is 1.29. The van der Waals surface area contributed by atoms with Crippen molar-refractivity contribution in [2.24, 2.45) is 5.92 Å². The summed E-state index contributed by atoms with van der Waals surface area (Å²) in [5.74, 6) is 6.16. The van der Waals surface area contributed by atoms with E-state index in [1.807, 2.05) is 12.1 Å². The van der Waals surface area contributed by atoms with Crippen LogP contribution in [-0.4, -0.2) is 0 Å². The fraction of sp³-hybridized carbons (Fsp3) is 0.310. The monoisotopic (exact) mass is 414 g/mol. The summed E-state index contributed by atoms with van der Waals surface area (Å²) in [4.78, 5) is 0. The van der Waals surface area contributed by atoms with Gasteiger partial charge in [-0.2, -0.15) is 0 Å². The van der Waals surface area contributed by atoms with Gasteiger partial charge in [0.15, 0.2) is 11.6 Å². The van der Waals surface area contributed by atoms with Crippen LogP contribution in [0.4, 0.5) is 8.78 Å². The zero-order valence-electron chi connectivity index (χ0n) is 18.0. The summed E-state index contributed by atoms with van der Waals surface area (Å²) in [5.41, 5.74) is 3.04. The molecule has 0 heterocycles. The number of benzene rings is 3. The van der Waals surface area contributed by atoms with Gasteiger partial charge < -0.3 is 0 Å². The Balaban J connectivity index is 1.43. The number of hydrogen-bond acceptors (Lipinski definition) is 0. The van der Waals surface area contributed by atoms with Crippen LogP contribution < -0.4 is 0 Å². The van der Waals surface area contributed by atoms with Crippen molar-refractivity contribution >= 4 is 10.8 Å². The summed E-state index contributed by atoms with van der Waals surface area (Å²) in [6.07, 6.45) is 12.1. The second-order valence-corrected chi connectivity index (χ2v) is 8.53. The van der Waals surface area contributed by atoms with Crippen molar-refractivity contribution < 1.29 is 8.78 Å². The van der Waals surface area contributed by atoms with E-state index in [1.165, 1.54) is 56.2 Å². The molecule has 0 radical (unpaired) electrons. The van der Waals surface area contributed by atoms with Gasteiger partial charge >= 0.3 is 0 Å². The molecule has 0 saturated heterocycles. The van der Waals surface area contributed by atoms with Crippen molar-refractivity contribution in [3.63, 3.8) is 0 Å². The smallest absolute Gasteiger partial charge is 0.159 e. The summed E-state index contributed by atoms with van der Waals surface area (Å²) < 4.78 is 27.2. The molecular formula is C29H28F2. The van der Waals surface area contributed by atoms with Gasteiger partial charge in [0.25, 0.3) is 0 Å². The van der Waals surface area contributed by atoms with E-state index < -0.39 is 11.6 Å². The van der Waals surface area contributed by atoms with Crippen LogP contribution in [0, 0.1) is 29.4 Å². The van der Waals surface area contributed by atoms with E-state index in [0.29, 0.717) is 22.3 Å². The van der Waals surface area contributed by atoms with E-state index in [0.717, 1.165) is 11.5 Å². The first kappa shape index (κ1) is 21.3. The first-order valence-corrected chi connectivity index (χ1v) is 11.2. The SMILES string of the molecule is C/C=C/CCC1CCC(c2ccc(C#Cc3cccc4cc(F)c(F)cc34)cc2)CC1. The molecule has 0 aromatic heterocycles. The first-order valence-electron chi connectivity index (χ1n) is 11.2. The van der Waals surface area contributed by atoms with Crippen LogP contribution in [0.1, 0.15) is 68.1 Å².